The second-order valence-corrected chi connectivity index (χ2v) is 8.27. The Morgan fingerprint density at radius 2 is 1.32 bits per heavy atom. The van der Waals surface area contributed by atoms with Gasteiger partial charge in [-0.2, -0.15) is 0 Å². The lowest BCUT2D eigenvalue weighted by atomic mass is 10.1. The van der Waals surface area contributed by atoms with Gasteiger partial charge < -0.3 is 0 Å². The molecule has 5 heteroatoms. The van der Waals surface area contributed by atoms with E-state index in [1.165, 1.54) is 0 Å². The van der Waals surface area contributed by atoms with E-state index in [1.54, 1.807) is 24.4 Å². The first-order chi connectivity index (χ1) is 13.6. The predicted octanol–water partition coefficient (Wildman–Crippen LogP) is 5.34. The van der Waals surface area contributed by atoms with Crippen LogP contribution in [0.4, 0.5) is 5.69 Å². The average molecular weight is 384 g/mol. The molecule has 1 N–H and O–H groups in total. The maximum atomic E-state index is 13.2. The van der Waals surface area contributed by atoms with Crippen LogP contribution >= 0.6 is 0 Å². The van der Waals surface area contributed by atoms with Crippen molar-refractivity contribution in [1.82, 2.24) is 4.98 Å². The molecule has 0 amide bonds. The third-order valence-corrected chi connectivity index (χ3v) is 6.34. The summed E-state index contributed by atoms with van der Waals surface area (Å²) in [7, 11) is -3.76. The van der Waals surface area contributed by atoms with Crippen molar-refractivity contribution in [3.8, 4) is 0 Å². The lowest BCUT2D eigenvalue weighted by molar-refractivity contribution is 0.602. The number of hydrogen-bond donors (Lipinski definition) is 1. The van der Waals surface area contributed by atoms with E-state index in [0.29, 0.717) is 11.1 Å². The van der Waals surface area contributed by atoms with Gasteiger partial charge in [-0.25, -0.2) is 8.42 Å². The third-order valence-electron chi connectivity index (χ3n) is 4.92. The Bertz CT molecular complexity index is 1450. The highest BCUT2D eigenvalue weighted by molar-refractivity contribution is 7.93. The molecule has 0 aliphatic rings. The van der Waals surface area contributed by atoms with Gasteiger partial charge >= 0.3 is 0 Å². The quantitative estimate of drug-likeness (QED) is 0.427. The molecular weight excluding hydrogens is 368 g/mol. The molecule has 4 nitrogen and oxygen atoms in total. The van der Waals surface area contributed by atoms with Crippen LogP contribution in [0.25, 0.3) is 32.4 Å². The molecule has 0 fully saturated rings. The summed E-state index contributed by atoms with van der Waals surface area (Å²) in [6.07, 6.45) is 1.63. The number of pyridine rings is 1. The van der Waals surface area contributed by atoms with Gasteiger partial charge in [0.25, 0.3) is 10.0 Å². The van der Waals surface area contributed by atoms with Crippen molar-refractivity contribution in [3.63, 3.8) is 0 Å². The van der Waals surface area contributed by atoms with Gasteiger partial charge in [0.05, 0.1) is 16.1 Å². The second-order valence-electron chi connectivity index (χ2n) is 6.62. The smallest absolute Gasteiger partial charge is 0.262 e. The summed E-state index contributed by atoms with van der Waals surface area (Å²) < 4.78 is 29.1. The van der Waals surface area contributed by atoms with Gasteiger partial charge in [0, 0.05) is 22.4 Å². The Morgan fingerprint density at radius 3 is 2.14 bits per heavy atom. The molecule has 0 unspecified atom stereocenters. The predicted molar refractivity (Wildman–Crippen MR) is 114 cm³/mol. The van der Waals surface area contributed by atoms with Crippen LogP contribution in [0, 0.1) is 0 Å². The molecule has 0 aliphatic heterocycles. The molecule has 0 spiro atoms. The van der Waals surface area contributed by atoms with Crippen LogP contribution in [0.15, 0.2) is 96.0 Å². The fraction of sp³-hybridized carbons (Fsp3) is 0. The van der Waals surface area contributed by atoms with Gasteiger partial charge in [-0.1, -0.05) is 72.8 Å². The lowest BCUT2D eigenvalue weighted by Crippen LogP contribution is -2.13. The van der Waals surface area contributed by atoms with Gasteiger partial charge in [0.2, 0.25) is 0 Å². The summed E-state index contributed by atoms with van der Waals surface area (Å²) >= 11 is 0. The number of benzene rings is 4. The van der Waals surface area contributed by atoms with Gasteiger partial charge in [-0.3, -0.25) is 9.71 Å². The normalized spacial score (nSPS) is 11.9. The van der Waals surface area contributed by atoms with E-state index in [9.17, 15) is 8.42 Å². The fourth-order valence-electron chi connectivity index (χ4n) is 3.61. The van der Waals surface area contributed by atoms with Crippen LogP contribution in [-0.2, 0) is 10.0 Å². The van der Waals surface area contributed by atoms with E-state index in [0.717, 1.165) is 27.1 Å². The number of fused-ring (bicyclic) bond motifs is 4. The molecule has 0 aliphatic carbocycles. The Kier molecular flexibility index (Phi) is 3.77. The molecule has 4 aromatic carbocycles. The Balaban J connectivity index is 1.68. The molecule has 136 valence electrons. The highest BCUT2D eigenvalue weighted by atomic mass is 32.2. The molecule has 0 saturated carbocycles. The Morgan fingerprint density at radius 1 is 0.643 bits per heavy atom. The van der Waals surface area contributed by atoms with Crippen molar-refractivity contribution in [2.45, 2.75) is 4.90 Å². The summed E-state index contributed by atoms with van der Waals surface area (Å²) in [5.41, 5.74) is 1.29. The minimum Gasteiger partial charge on any atom is -0.279 e. The van der Waals surface area contributed by atoms with E-state index < -0.39 is 10.0 Å². The molecule has 0 saturated heterocycles. The average Bonchev–Trinajstić information content (AvgIpc) is 2.73. The summed E-state index contributed by atoms with van der Waals surface area (Å²) in [4.78, 5) is 4.75. The maximum absolute atomic E-state index is 13.2. The number of aromatic nitrogens is 1. The van der Waals surface area contributed by atoms with Crippen LogP contribution in [-0.4, -0.2) is 13.4 Å². The molecule has 1 aromatic heterocycles. The number of anilines is 1. The van der Waals surface area contributed by atoms with E-state index in [2.05, 4.69) is 9.71 Å². The maximum Gasteiger partial charge on any atom is 0.262 e. The van der Waals surface area contributed by atoms with Gasteiger partial charge in [0.1, 0.15) is 0 Å². The van der Waals surface area contributed by atoms with Crippen molar-refractivity contribution in [2.75, 3.05) is 4.72 Å². The topological polar surface area (TPSA) is 59.1 Å². The van der Waals surface area contributed by atoms with Crippen LogP contribution < -0.4 is 4.72 Å². The Labute approximate surface area is 162 Å². The zero-order valence-corrected chi connectivity index (χ0v) is 15.6. The van der Waals surface area contributed by atoms with Crippen molar-refractivity contribution >= 4 is 48.2 Å². The van der Waals surface area contributed by atoms with Gasteiger partial charge in [-0.15, -0.1) is 0 Å². The first-order valence-electron chi connectivity index (χ1n) is 8.90. The van der Waals surface area contributed by atoms with Gasteiger partial charge in [0.15, 0.2) is 0 Å². The van der Waals surface area contributed by atoms with E-state index in [4.69, 9.17) is 0 Å². The largest absolute Gasteiger partial charge is 0.279 e. The highest BCUT2D eigenvalue weighted by Crippen LogP contribution is 2.31. The second kappa shape index (κ2) is 6.32. The molecule has 1 heterocycles. The first-order valence-corrected chi connectivity index (χ1v) is 10.4. The van der Waals surface area contributed by atoms with Crippen LogP contribution in [0.3, 0.4) is 0 Å². The Hall–Kier alpha value is -3.44. The van der Waals surface area contributed by atoms with E-state index in [1.807, 2.05) is 66.7 Å². The summed E-state index contributed by atoms with van der Waals surface area (Å²) in [5.74, 6) is 0. The van der Waals surface area contributed by atoms with Crippen molar-refractivity contribution < 1.29 is 8.42 Å². The summed E-state index contributed by atoms with van der Waals surface area (Å²) in [6.45, 7) is 0. The number of nitrogens with one attached hydrogen (secondary N) is 1. The van der Waals surface area contributed by atoms with Crippen LogP contribution in [0.5, 0.6) is 0 Å². The zero-order chi connectivity index (χ0) is 19.1. The van der Waals surface area contributed by atoms with Crippen molar-refractivity contribution in [3.05, 3.63) is 91.1 Å². The van der Waals surface area contributed by atoms with Crippen LogP contribution in [0.1, 0.15) is 0 Å². The monoisotopic (exact) mass is 384 g/mol. The molecule has 5 rings (SSSR count). The number of sulfonamides is 1. The van der Waals surface area contributed by atoms with Gasteiger partial charge in [-0.05, 0) is 22.9 Å². The zero-order valence-electron chi connectivity index (χ0n) is 14.8. The van der Waals surface area contributed by atoms with Crippen molar-refractivity contribution in [1.29, 1.82) is 0 Å². The minimum atomic E-state index is -3.76. The molecular formula is C23H16N2O2S. The number of hydrogen-bond acceptors (Lipinski definition) is 3. The lowest BCUT2D eigenvalue weighted by Gasteiger charge is -2.13. The molecule has 28 heavy (non-hydrogen) atoms. The van der Waals surface area contributed by atoms with Crippen LogP contribution in [0.2, 0.25) is 0 Å². The standard InChI is InChI=1S/C23H16N2O2S/c26-28(27,22-11-5-8-16-6-1-3-9-18(16)22)25-21-14-15-24-23-19-10-4-2-7-17(19)12-13-20(21)23/h1-15H,(H,24,25). The molecule has 0 atom stereocenters. The first kappa shape index (κ1) is 16.7. The number of nitrogens with zero attached hydrogens (tertiary/aromatic N) is 1. The van der Waals surface area contributed by atoms with Crippen molar-refractivity contribution in [2.24, 2.45) is 0 Å². The number of rotatable bonds is 3. The molecule has 5 aromatic rings. The molecule has 0 bridgehead atoms. The summed E-state index contributed by atoms with van der Waals surface area (Å²) in [5, 5.41) is 4.41. The molecule has 0 radical (unpaired) electrons. The minimum absolute atomic E-state index is 0.261. The fourth-order valence-corrected chi connectivity index (χ4v) is 4.92. The highest BCUT2D eigenvalue weighted by Gasteiger charge is 2.18. The third kappa shape index (κ3) is 2.68. The van der Waals surface area contributed by atoms with E-state index >= 15 is 0 Å². The SMILES string of the molecule is O=S(=O)(Nc1ccnc2c1ccc1ccccc12)c1cccc2ccccc12. The van der Waals surface area contributed by atoms with E-state index in [-0.39, 0.29) is 4.90 Å². The summed E-state index contributed by atoms with van der Waals surface area (Å²) in [6, 6.07) is 26.3.